The van der Waals surface area contributed by atoms with Crippen LogP contribution >= 0.6 is 0 Å². The van der Waals surface area contributed by atoms with Crippen molar-refractivity contribution < 1.29 is 53.5 Å². The molecule has 0 saturated heterocycles. The first kappa shape index (κ1) is 24.7. The van der Waals surface area contributed by atoms with Crippen LogP contribution in [0.2, 0.25) is 0 Å². The maximum atomic E-state index is 9.89. The molecule has 5 nitrogen and oxygen atoms in total. The van der Waals surface area contributed by atoms with Gasteiger partial charge in [0.25, 0.3) is 0 Å². The van der Waals surface area contributed by atoms with E-state index in [1.54, 1.807) is 0 Å². The number of rotatable bonds is 10. The molecule has 0 aromatic heterocycles. The average molecular weight is 302 g/mol. The van der Waals surface area contributed by atoms with E-state index in [9.17, 15) is 4.79 Å². The Morgan fingerprint density at radius 3 is 1.42 bits per heavy atom. The number of unbranched alkanes of at least 4 members (excludes halogenated alkanes) is 9. The molecule has 7 heteroatoms. The fourth-order valence-electron chi connectivity index (χ4n) is 1.51. The van der Waals surface area contributed by atoms with Crippen molar-refractivity contribution in [3.63, 3.8) is 0 Å². The van der Waals surface area contributed by atoms with Crippen LogP contribution in [0.5, 0.6) is 0 Å². The first-order valence-corrected chi connectivity index (χ1v) is 8.45. The van der Waals surface area contributed by atoms with Gasteiger partial charge in [-0.2, -0.15) is 6.42 Å². The Hall–Kier alpha value is 0.727. The third kappa shape index (κ3) is 45.5. The molecule has 0 aromatic rings. The van der Waals surface area contributed by atoms with Gasteiger partial charge in [0.15, 0.2) is 0 Å². The van der Waals surface area contributed by atoms with Crippen molar-refractivity contribution in [1.82, 2.24) is 0 Å². The zero-order valence-electron chi connectivity index (χ0n) is 12.3. The maximum Gasteiger partial charge on any atom is 1.00 e. The van der Waals surface area contributed by atoms with Crippen LogP contribution < -0.4 is 29.6 Å². The maximum absolute atomic E-state index is 9.89. The SMILES string of the molecule is CCCCCCCCCCC[C-]=O.O[Si](O)(O)O.[Na+]. The largest absolute Gasteiger partial charge is 1.00 e. The van der Waals surface area contributed by atoms with Gasteiger partial charge in [0.1, 0.15) is 0 Å². The molecule has 4 N–H and O–H groups in total. The molecule has 0 spiro atoms. The van der Waals surface area contributed by atoms with E-state index < -0.39 is 9.05 Å². The molecule has 0 aromatic carbocycles. The summed E-state index contributed by atoms with van der Waals surface area (Å²) in [5.74, 6) is 0. The van der Waals surface area contributed by atoms with Gasteiger partial charge in [0, 0.05) is 0 Å². The standard InChI is InChI=1S/C12H23O.Na.H4O4Si/c1-2-3-4-5-6-7-8-9-10-11-12-13;;1-5(2,3)4/h2-11H2,1H3;;1-4H/q-1;+1;. The first-order chi connectivity index (χ1) is 8.41. The van der Waals surface area contributed by atoms with Crippen molar-refractivity contribution in [1.29, 1.82) is 0 Å². The van der Waals surface area contributed by atoms with Crippen LogP contribution in [-0.4, -0.2) is 34.5 Å². The second-order valence-electron chi connectivity index (χ2n) is 4.32. The van der Waals surface area contributed by atoms with Crippen molar-refractivity contribution in [2.75, 3.05) is 0 Å². The third-order valence-corrected chi connectivity index (χ3v) is 2.38. The molecule has 0 aliphatic rings. The molecule has 0 heterocycles. The summed E-state index contributed by atoms with van der Waals surface area (Å²) < 4.78 is 0. The minimum absolute atomic E-state index is 0. The van der Waals surface area contributed by atoms with Gasteiger partial charge >= 0.3 is 38.6 Å². The summed E-state index contributed by atoms with van der Waals surface area (Å²) >= 11 is 0. The summed E-state index contributed by atoms with van der Waals surface area (Å²) in [6.45, 7) is 2.25. The minimum Gasteiger partial charge on any atom is -0.542 e. The first-order valence-electron chi connectivity index (χ1n) is 6.66. The molecule has 19 heavy (non-hydrogen) atoms. The third-order valence-electron chi connectivity index (χ3n) is 2.38. The Balaban J connectivity index is -0.000000366. The molecule has 0 amide bonds. The Morgan fingerprint density at radius 1 is 0.789 bits per heavy atom. The van der Waals surface area contributed by atoms with Crippen molar-refractivity contribution >= 4 is 15.3 Å². The molecule has 0 aliphatic carbocycles. The van der Waals surface area contributed by atoms with Crippen molar-refractivity contribution in [2.24, 2.45) is 0 Å². The van der Waals surface area contributed by atoms with E-state index in [0.29, 0.717) is 6.42 Å². The van der Waals surface area contributed by atoms with Gasteiger partial charge in [-0.05, 0) is 0 Å². The van der Waals surface area contributed by atoms with E-state index in [-0.39, 0.29) is 29.6 Å². The van der Waals surface area contributed by atoms with E-state index in [1.165, 1.54) is 51.4 Å². The Kier molecular flexibility index (Phi) is 24.4. The summed E-state index contributed by atoms with van der Waals surface area (Å²) in [4.78, 5) is 39.2. The van der Waals surface area contributed by atoms with E-state index in [1.807, 2.05) is 6.29 Å². The molecular weight excluding hydrogens is 275 g/mol. The molecule has 110 valence electrons. The van der Waals surface area contributed by atoms with Crippen LogP contribution in [0.3, 0.4) is 0 Å². The van der Waals surface area contributed by atoms with Crippen LogP contribution in [0.1, 0.15) is 71.1 Å². The van der Waals surface area contributed by atoms with Crippen LogP contribution in [-0.2, 0) is 4.79 Å². The van der Waals surface area contributed by atoms with E-state index >= 15 is 0 Å². The molecule has 0 radical (unpaired) electrons. The van der Waals surface area contributed by atoms with E-state index in [0.717, 1.165) is 6.42 Å². The number of hydrogen-bond donors (Lipinski definition) is 4. The van der Waals surface area contributed by atoms with E-state index in [4.69, 9.17) is 19.2 Å². The molecule has 0 rings (SSSR count). The summed E-state index contributed by atoms with van der Waals surface area (Å²) in [5.41, 5.74) is 0. The van der Waals surface area contributed by atoms with Gasteiger partial charge < -0.3 is 24.0 Å². The second-order valence-corrected chi connectivity index (χ2v) is 5.52. The smallest absolute Gasteiger partial charge is 0.542 e. The Bertz CT molecular complexity index is 170. The van der Waals surface area contributed by atoms with Gasteiger partial charge in [-0.25, -0.2) is 0 Å². The number of hydrogen-bond acceptors (Lipinski definition) is 5. The minimum atomic E-state index is -4.61. The van der Waals surface area contributed by atoms with Crippen molar-refractivity contribution in [3.05, 3.63) is 0 Å². The monoisotopic (exact) mass is 302 g/mol. The quantitative estimate of drug-likeness (QED) is 0.222. The summed E-state index contributed by atoms with van der Waals surface area (Å²) in [5, 5.41) is 0. The predicted molar refractivity (Wildman–Crippen MR) is 72.2 cm³/mol. The topological polar surface area (TPSA) is 98.0 Å². The molecule has 0 saturated carbocycles. The van der Waals surface area contributed by atoms with Gasteiger partial charge in [0.2, 0.25) is 0 Å². The Morgan fingerprint density at radius 2 is 1.11 bits per heavy atom. The van der Waals surface area contributed by atoms with Gasteiger partial charge in [-0.3, -0.25) is 6.29 Å². The van der Waals surface area contributed by atoms with Crippen LogP contribution in [0.4, 0.5) is 0 Å². The summed E-state index contributed by atoms with van der Waals surface area (Å²) in [7, 11) is -4.61. The van der Waals surface area contributed by atoms with Gasteiger partial charge in [-0.1, -0.05) is 64.7 Å². The van der Waals surface area contributed by atoms with Crippen molar-refractivity contribution in [3.8, 4) is 0 Å². The van der Waals surface area contributed by atoms with E-state index in [2.05, 4.69) is 6.92 Å². The van der Waals surface area contributed by atoms with Crippen molar-refractivity contribution in [2.45, 2.75) is 71.1 Å². The van der Waals surface area contributed by atoms with Crippen LogP contribution in [0.15, 0.2) is 0 Å². The number of carbonyl (C=O) groups excluding carboxylic acids is 1. The van der Waals surface area contributed by atoms with Gasteiger partial charge in [-0.15, -0.1) is 0 Å². The molecular formula is C12H27NaO5Si. The zero-order chi connectivity index (χ0) is 14.3. The fraction of sp³-hybridized carbons (Fsp3) is 0.917. The zero-order valence-corrected chi connectivity index (χ0v) is 15.3. The van der Waals surface area contributed by atoms with Gasteiger partial charge in [0.05, 0.1) is 0 Å². The fourth-order valence-corrected chi connectivity index (χ4v) is 1.51. The van der Waals surface area contributed by atoms with Crippen LogP contribution in [0.25, 0.3) is 0 Å². The molecule has 0 atom stereocenters. The summed E-state index contributed by atoms with van der Waals surface area (Å²) in [6, 6.07) is 0. The normalized spacial score (nSPS) is 10.2. The van der Waals surface area contributed by atoms with Crippen LogP contribution in [0, 0.1) is 0 Å². The molecule has 0 fully saturated rings. The molecule has 0 aliphatic heterocycles. The molecule has 0 unspecified atom stereocenters. The second kappa shape index (κ2) is 18.7. The average Bonchev–Trinajstić information content (AvgIpc) is 2.25. The Labute approximate surface area is 139 Å². The molecule has 0 bridgehead atoms. The summed E-state index contributed by atoms with van der Waals surface area (Å²) in [6.07, 6.45) is 14.4. The predicted octanol–water partition coefficient (Wildman–Crippen LogP) is -1.59.